The molecule has 0 amide bonds. The maximum absolute atomic E-state index is 5.58. The van der Waals surface area contributed by atoms with Crippen LogP contribution in [0, 0.1) is 0 Å². The Hall–Kier alpha value is -1.33. The molecule has 78 valence electrons. The number of aliphatic imine (C=N–C) groups is 1. The van der Waals surface area contributed by atoms with E-state index in [2.05, 4.69) is 4.99 Å². The van der Waals surface area contributed by atoms with Crippen molar-refractivity contribution in [3.8, 4) is 0 Å². The maximum atomic E-state index is 5.58. The predicted octanol–water partition coefficient (Wildman–Crippen LogP) is 0.294. The van der Waals surface area contributed by atoms with E-state index in [1.54, 1.807) is 0 Å². The first kappa shape index (κ1) is 13.7. The molecular formula is C10H12BNO3. The van der Waals surface area contributed by atoms with Crippen molar-refractivity contribution in [3.63, 3.8) is 0 Å². The molecule has 0 fully saturated rings. The molecule has 0 saturated heterocycles. The summed E-state index contributed by atoms with van der Waals surface area (Å²) in [7, 11) is 5.58. The van der Waals surface area contributed by atoms with Gasteiger partial charge in [-0.1, -0.05) is 0 Å². The first-order valence-electron chi connectivity index (χ1n) is 4.39. The maximum Gasteiger partial charge on any atom is -0.870 e. The monoisotopic (exact) mass is 205 g/mol. The number of hydrogen-bond donors (Lipinski definition) is 0. The molecule has 15 heavy (non-hydrogen) atoms. The standard InChI is InChI=1S/C10H10BNO.2H2O/c11-9-4-2-8(3-5-9)10-12-6-1-7-13-10;;/h2-5H,1,6-7H2;2*1H2/q+2;;/p-2. The third-order valence-electron chi connectivity index (χ3n) is 1.95. The van der Waals surface area contributed by atoms with Crippen molar-refractivity contribution >= 4 is 19.2 Å². The molecule has 0 radical (unpaired) electrons. The molecule has 1 aromatic carbocycles. The molecule has 4 nitrogen and oxygen atoms in total. The van der Waals surface area contributed by atoms with Crippen molar-refractivity contribution in [1.82, 2.24) is 0 Å². The number of rotatable bonds is 1. The summed E-state index contributed by atoms with van der Waals surface area (Å²) in [6.45, 7) is 1.63. The van der Waals surface area contributed by atoms with Gasteiger partial charge in [-0.05, 0) is 0 Å². The molecule has 0 bridgehead atoms. The van der Waals surface area contributed by atoms with E-state index >= 15 is 0 Å². The van der Waals surface area contributed by atoms with Crippen LogP contribution in [0.5, 0.6) is 0 Å². The Morgan fingerprint density at radius 2 is 1.80 bits per heavy atom. The number of benzene rings is 1. The summed E-state index contributed by atoms with van der Waals surface area (Å²) in [4.78, 5) is 4.28. The van der Waals surface area contributed by atoms with Crippen LogP contribution in [0.4, 0.5) is 0 Å². The second-order valence-electron chi connectivity index (χ2n) is 3.01. The Morgan fingerprint density at radius 3 is 2.33 bits per heavy atom. The minimum Gasteiger partial charge on any atom is -0.870 e. The molecule has 1 aliphatic rings. The van der Waals surface area contributed by atoms with Gasteiger partial charge < -0.3 is 11.0 Å². The molecule has 1 aromatic rings. The number of nitrogens with zero attached hydrogens (tertiary/aromatic N) is 1. The molecular weight excluding hydrogens is 193 g/mol. The zero-order valence-corrected chi connectivity index (χ0v) is 8.26. The minimum atomic E-state index is 0. The molecule has 0 atom stereocenters. The average molecular weight is 205 g/mol. The van der Waals surface area contributed by atoms with E-state index in [-0.39, 0.29) is 11.0 Å². The second kappa shape index (κ2) is 6.21. The average Bonchev–Trinajstić information content (AvgIpc) is 2.20. The SMILES string of the molecule is [B+2]c1ccc(C2=NCCCO2)cc1.[OH-].[OH-]. The van der Waals surface area contributed by atoms with Gasteiger partial charge in [0.15, 0.2) is 0 Å². The summed E-state index contributed by atoms with van der Waals surface area (Å²) in [5.74, 6) is 0.742. The van der Waals surface area contributed by atoms with Crippen LogP contribution in [0.1, 0.15) is 12.0 Å². The van der Waals surface area contributed by atoms with Crippen molar-refractivity contribution in [3.05, 3.63) is 29.8 Å². The van der Waals surface area contributed by atoms with Gasteiger partial charge in [0.2, 0.25) is 0 Å². The molecule has 0 saturated carbocycles. The largest absolute Gasteiger partial charge is 0.870 e. The van der Waals surface area contributed by atoms with Crippen molar-refractivity contribution < 1.29 is 15.7 Å². The molecule has 2 rings (SSSR count). The van der Waals surface area contributed by atoms with Crippen LogP contribution in [0.15, 0.2) is 29.3 Å². The van der Waals surface area contributed by atoms with Crippen molar-refractivity contribution in [2.75, 3.05) is 13.2 Å². The molecule has 1 heterocycles. The number of hydrogen-bond acceptors (Lipinski definition) is 4. The summed E-state index contributed by atoms with van der Waals surface area (Å²) < 4.78 is 5.41. The van der Waals surface area contributed by atoms with Crippen LogP contribution in [0.2, 0.25) is 0 Å². The molecule has 0 aromatic heterocycles. The smallest absolute Gasteiger partial charge is 0.870 e. The van der Waals surface area contributed by atoms with Crippen LogP contribution < -0.4 is 5.46 Å². The first-order chi connectivity index (χ1) is 6.36. The van der Waals surface area contributed by atoms with E-state index in [4.69, 9.17) is 12.6 Å². The van der Waals surface area contributed by atoms with Crippen LogP contribution >= 0.6 is 0 Å². The van der Waals surface area contributed by atoms with Gasteiger partial charge in [-0.25, -0.2) is 0 Å². The van der Waals surface area contributed by atoms with Gasteiger partial charge in [0.05, 0.1) is 0 Å². The molecule has 0 unspecified atom stereocenters. The van der Waals surface area contributed by atoms with Gasteiger partial charge in [-0.3, -0.25) is 0 Å². The van der Waals surface area contributed by atoms with Gasteiger partial charge >= 0.3 is 78.3 Å². The predicted molar refractivity (Wildman–Crippen MR) is 57.7 cm³/mol. The summed E-state index contributed by atoms with van der Waals surface area (Å²) in [5.41, 5.74) is 1.77. The third-order valence-corrected chi connectivity index (χ3v) is 1.95. The van der Waals surface area contributed by atoms with E-state index in [1.807, 2.05) is 24.3 Å². The Balaban J connectivity index is 0.000000980. The molecule has 0 aliphatic carbocycles. The van der Waals surface area contributed by atoms with Gasteiger partial charge in [0.25, 0.3) is 0 Å². The van der Waals surface area contributed by atoms with E-state index in [0.717, 1.165) is 36.5 Å². The zero-order chi connectivity index (χ0) is 9.10. The Morgan fingerprint density at radius 1 is 1.13 bits per heavy atom. The van der Waals surface area contributed by atoms with Gasteiger partial charge in [-0.15, -0.1) is 0 Å². The summed E-state index contributed by atoms with van der Waals surface area (Å²) >= 11 is 0. The molecule has 2 N–H and O–H groups in total. The Bertz CT molecular complexity index is 324. The van der Waals surface area contributed by atoms with Crippen LogP contribution in [-0.2, 0) is 4.74 Å². The first-order valence-corrected chi connectivity index (χ1v) is 4.39. The van der Waals surface area contributed by atoms with E-state index in [1.165, 1.54) is 0 Å². The fraction of sp³-hybridized carbons (Fsp3) is 0.300. The van der Waals surface area contributed by atoms with Crippen molar-refractivity contribution in [2.45, 2.75) is 6.42 Å². The minimum absolute atomic E-state index is 0. The summed E-state index contributed by atoms with van der Waals surface area (Å²) in [6, 6.07) is 7.57. The topological polar surface area (TPSA) is 81.6 Å². The van der Waals surface area contributed by atoms with Crippen molar-refractivity contribution in [1.29, 1.82) is 0 Å². The second-order valence-corrected chi connectivity index (χ2v) is 3.01. The van der Waals surface area contributed by atoms with Crippen molar-refractivity contribution in [2.24, 2.45) is 4.99 Å². The summed E-state index contributed by atoms with van der Waals surface area (Å²) in [6.07, 6.45) is 1.01. The van der Waals surface area contributed by atoms with Gasteiger partial charge in [0.1, 0.15) is 0 Å². The fourth-order valence-electron chi connectivity index (χ4n) is 1.26. The zero-order valence-electron chi connectivity index (χ0n) is 8.26. The Labute approximate surface area is 90.0 Å². The quantitative estimate of drug-likeness (QED) is 0.618. The fourth-order valence-corrected chi connectivity index (χ4v) is 1.26. The van der Waals surface area contributed by atoms with Gasteiger partial charge in [-0.2, -0.15) is 0 Å². The van der Waals surface area contributed by atoms with Crippen LogP contribution in [0.3, 0.4) is 0 Å². The normalized spacial score (nSPS) is 14.1. The third kappa shape index (κ3) is 3.38. The van der Waals surface area contributed by atoms with E-state index in [0.29, 0.717) is 0 Å². The number of ether oxygens (including phenoxy) is 1. The van der Waals surface area contributed by atoms with E-state index in [9.17, 15) is 0 Å². The van der Waals surface area contributed by atoms with E-state index < -0.39 is 0 Å². The molecule has 5 heteroatoms. The van der Waals surface area contributed by atoms with Crippen LogP contribution in [0.25, 0.3) is 0 Å². The Kier molecular flexibility index (Phi) is 5.66. The molecule has 1 aliphatic heterocycles. The summed E-state index contributed by atoms with van der Waals surface area (Å²) in [5, 5.41) is 0. The van der Waals surface area contributed by atoms with Crippen LogP contribution in [-0.4, -0.2) is 37.8 Å². The van der Waals surface area contributed by atoms with Gasteiger partial charge in [0, 0.05) is 0 Å². The molecule has 0 spiro atoms.